The van der Waals surface area contributed by atoms with Crippen LogP contribution in [0, 0.1) is 0 Å². The summed E-state index contributed by atoms with van der Waals surface area (Å²) in [4.78, 5) is 11.2. The van der Waals surface area contributed by atoms with Crippen LogP contribution in [0.5, 0.6) is 11.8 Å². The Kier molecular flexibility index (Phi) is 5.11. The van der Waals surface area contributed by atoms with Crippen LogP contribution in [-0.4, -0.2) is 46.3 Å². The Labute approximate surface area is 161 Å². The second-order valence-electron chi connectivity index (χ2n) is 6.79. The van der Waals surface area contributed by atoms with Crippen LogP contribution in [0.2, 0.25) is 0 Å². The van der Waals surface area contributed by atoms with Gasteiger partial charge in [0.05, 0.1) is 19.4 Å². The number of ether oxygens (including phenoxy) is 2. The maximum absolute atomic E-state index is 9.67. The minimum atomic E-state index is -0.252. The Balaban J connectivity index is 1.49. The highest BCUT2D eigenvalue weighted by molar-refractivity contribution is 9.10. The summed E-state index contributed by atoms with van der Waals surface area (Å²) in [5.74, 6) is 0.959. The number of hydrogen-bond acceptors (Lipinski definition) is 6. The van der Waals surface area contributed by atoms with E-state index in [1.54, 1.807) is 13.3 Å². The fraction of sp³-hybridized carbons (Fsp3) is 0.474. The number of aliphatic hydroxyl groups is 1. The van der Waals surface area contributed by atoms with Crippen molar-refractivity contribution in [3.8, 4) is 11.8 Å². The number of aromatic nitrogens is 2. The normalized spacial score (nSPS) is 22.4. The highest BCUT2D eigenvalue weighted by atomic mass is 79.9. The van der Waals surface area contributed by atoms with Crippen LogP contribution in [-0.2, 0) is 13.0 Å². The molecule has 2 atom stereocenters. The molecule has 1 aliphatic heterocycles. The standard InChI is InChI=1S/C19H22BrN3O3/c1-25-19-16(11-23-8-7-12(24)10-23)21-9-18(22-19)26-17-6-5-13-14(17)3-2-4-15(13)20/h2-4,9,12,17,24H,5-8,10-11H2,1H3/t12-,17+/m1/s1. The van der Waals surface area contributed by atoms with Crippen LogP contribution in [0.25, 0.3) is 0 Å². The molecule has 1 aliphatic carbocycles. The molecule has 2 aromatic rings. The third kappa shape index (κ3) is 3.56. The third-order valence-corrected chi connectivity index (χ3v) is 5.77. The van der Waals surface area contributed by atoms with E-state index in [9.17, 15) is 5.11 Å². The second kappa shape index (κ2) is 7.50. The molecule has 2 aliphatic rings. The topological polar surface area (TPSA) is 67.7 Å². The van der Waals surface area contributed by atoms with E-state index in [1.165, 1.54) is 11.1 Å². The van der Waals surface area contributed by atoms with E-state index in [0.717, 1.165) is 36.0 Å². The van der Waals surface area contributed by atoms with Crippen LogP contribution in [0.15, 0.2) is 28.9 Å². The Bertz CT molecular complexity index is 802. The Morgan fingerprint density at radius 3 is 3.00 bits per heavy atom. The summed E-state index contributed by atoms with van der Waals surface area (Å²) in [7, 11) is 1.60. The Hall–Kier alpha value is -1.70. The van der Waals surface area contributed by atoms with E-state index in [1.807, 2.05) is 6.07 Å². The molecule has 0 spiro atoms. The molecule has 1 aromatic heterocycles. The summed E-state index contributed by atoms with van der Waals surface area (Å²) in [5, 5.41) is 9.67. The number of β-amino-alcohol motifs (C(OH)–C–C–N with tert-alkyl or cyclic N) is 1. The predicted octanol–water partition coefficient (Wildman–Crippen LogP) is 2.88. The van der Waals surface area contributed by atoms with Gasteiger partial charge in [-0.15, -0.1) is 0 Å². The lowest BCUT2D eigenvalue weighted by atomic mass is 10.1. The van der Waals surface area contributed by atoms with Crippen molar-refractivity contribution in [2.24, 2.45) is 0 Å². The van der Waals surface area contributed by atoms with Crippen molar-refractivity contribution in [2.45, 2.75) is 38.0 Å². The van der Waals surface area contributed by atoms with E-state index in [0.29, 0.717) is 24.8 Å². The van der Waals surface area contributed by atoms with Crippen LogP contribution in [0.1, 0.15) is 35.8 Å². The molecule has 1 N–H and O–H groups in total. The minimum absolute atomic E-state index is 0.0129. The maximum Gasteiger partial charge on any atom is 0.240 e. The van der Waals surface area contributed by atoms with Gasteiger partial charge in [0, 0.05) is 24.1 Å². The lowest BCUT2D eigenvalue weighted by molar-refractivity contribution is 0.173. The highest BCUT2D eigenvalue weighted by Gasteiger charge is 2.27. The number of nitrogens with zero attached hydrogens (tertiary/aromatic N) is 3. The fourth-order valence-corrected chi connectivity index (χ4v) is 4.30. The molecule has 0 saturated carbocycles. The summed E-state index contributed by atoms with van der Waals surface area (Å²) in [6.07, 6.45) is 4.12. The van der Waals surface area contributed by atoms with Gasteiger partial charge in [-0.25, -0.2) is 4.98 Å². The van der Waals surface area contributed by atoms with Gasteiger partial charge < -0.3 is 14.6 Å². The van der Waals surface area contributed by atoms with Crippen molar-refractivity contribution in [1.29, 1.82) is 0 Å². The maximum atomic E-state index is 9.67. The molecule has 4 rings (SSSR count). The largest absolute Gasteiger partial charge is 0.480 e. The first-order valence-electron chi connectivity index (χ1n) is 8.88. The number of rotatable bonds is 5. The molecule has 0 amide bonds. The molecule has 0 radical (unpaired) electrons. The van der Waals surface area contributed by atoms with Gasteiger partial charge in [0.25, 0.3) is 0 Å². The highest BCUT2D eigenvalue weighted by Crippen LogP contribution is 2.38. The molecule has 26 heavy (non-hydrogen) atoms. The molecule has 0 bridgehead atoms. The van der Waals surface area contributed by atoms with Gasteiger partial charge in [0.15, 0.2) is 0 Å². The van der Waals surface area contributed by atoms with Crippen molar-refractivity contribution >= 4 is 15.9 Å². The van der Waals surface area contributed by atoms with Crippen molar-refractivity contribution in [2.75, 3.05) is 20.2 Å². The van der Waals surface area contributed by atoms with E-state index < -0.39 is 0 Å². The van der Waals surface area contributed by atoms with Gasteiger partial charge in [-0.1, -0.05) is 28.1 Å². The van der Waals surface area contributed by atoms with Gasteiger partial charge in [-0.05, 0) is 36.5 Å². The van der Waals surface area contributed by atoms with Gasteiger partial charge in [0.1, 0.15) is 11.8 Å². The number of methoxy groups -OCH3 is 1. The van der Waals surface area contributed by atoms with Crippen molar-refractivity contribution < 1.29 is 14.6 Å². The minimum Gasteiger partial charge on any atom is -0.480 e. The predicted molar refractivity (Wildman–Crippen MR) is 100 cm³/mol. The number of halogens is 1. The lowest BCUT2D eigenvalue weighted by Crippen LogP contribution is -2.22. The van der Waals surface area contributed by atoms with Crippen molar-refractivity contribution in [1.82, 2.24) is 14.9 Å². The Morgan fingerprint density at radius 1 is 1.35 bits per heavy atom. The molecule has 1 saturated heterocycles. The molecule has 138 valence electrons. The van der Waals surface area contributed by atoms with Crippen LogP contribution >= 0.6 is 15.9 Å². The molecule has 1 fully saturated rings. The number of aliphatic hydroxyl groups excluding tert-OH is 1. The first kappa shape index (κ1) is 17.7. The van der Waals surface area contributed by atoms with E-state index in [-0.39, 0.29) is 12.2 Å². The summed E-state index contributed by atoms with van der Waals surface area (Å²) in [6.45, 7) is 2.14. The summed E-state index contributed by atoms with van der Waals surface area (Å²) in [5.41, 5.74) is 3.28. The van der Waals surface area contributed by atoms with Crippen molar-refractivity contribution in [3.63, 3.8) is 0 Å². The van der Waals surface area contributed by atoms with E-state index in [4.69, 9.17) is 9.47 Å². The first-order chi connectivity index (χ1) is 12.6. The van der Waals surface area contributed by atoms with Crippen LogP contribution < -0.4 is 9.47 Å². The molecular formula is C19H22BrN3O3. The molecular weight excluding hydrogens is 398 g/mol. The van der Waals surface area contributed by atoms with E-state index in [2.05, 4.69) is 42.9 Å². The van der Waals surface area contributed by atoms with Gasteiger partial charge in [-0.3, -0.25) is 4.90 Å². The zero-order valence-electron chi connectivity index (χ0n) is 14.7. The average Bonchev–Trinajstić information content (AvgIpc) is 3.23. The quantitative estimate of drug-likeness (QED) is 0.803. The second-order valence-corrected chi connectivity index (χ2v) is 7.65. The van der Waals surface area contributed by atoms with Gasteiger partial charge in [-0.2, -0.15) is 4.98 Å². The molecule has 6 nitrogen and oxygen atoms in total. The van der Waals surface area contributed by atoms with E-state index >= 15 is 0 Å². The SMILES string of the molecule is COc1nc(O[C@H]2CCc3c(Br)cccc32)cnc1CN1CC[C@@H](O)C1. The summed E-state index contributed by atoms with van der Waals surface area (Å²) in [6, 6.07) is 6.20. The molecule has 0 unspecified atom stereocenters. The zero-order chi connectivity index (χ0) is 18.1. The lowest BCUT2D eigenvalue weighted by Gasteiger charge is -2.18. The first-order valence-corrected chi connectivity index (χ1v) is 9.67. The fourth-order valence-electron chi connectivity index (χ4n) is 3.72. The summed E-state index contributed by atoms with van der Waals surface area (Å²) < 4.78 is 12.7. The Morgan fingerprint density at radius 2 is 2.23 bits per heavy atom. The molecule has 2 heterocycles. The smallest absolute Gasteiger partial charge is 0.240 e. The molecule has 7 heteroatoms. The monoisotopic (exact) mass is 419 g/mol. The number of likely N-dealkylation sites (tertiary alicyclic amines) is 1. The number of fused-ring (bicyclic) bond motifs is 1. The zero-order valence-corrected chi connectivity index (χ0v) is 16.3. The van der Waals surface area contributed by atoms with Crippen LogP contribution in [0.3, 0.4) is 0 Å². The third-order valence-electron chi connectivity index (χ3n) is 5.03. The van der Waals surface area contributed by atoms with Gasteiger partial charge >= 0.3 is 0 Å². The number of benzene rings is 1. The number of hydrogen-bond donors (Lipinski definition) is 1. The summed E-state index contributed by atoms with van der Waals surface area (Å²) >= 11 is 3.61. The van der Waals surface area contributed by atoms with Gasteiger partial charge in [0.2, 0.25) is 11.8 Å². The molecule has 1 aromatic carbocycles. The van der Waals surface area contributed by atoms with Crippen molar-refractivity contribution in [3.05, 3.63) is 45.7 Å². The van der Waals surface area contributed by atoms with Crippen LogP contribution in [0.4, 0.5) is 0 Å². The average molecular weight is 420 g/mol.